The van der Waals surface area contributed by atoms with Gasteiger partial charge >= 0.3 is 0 Å². The van der Waals surface area contributed by atoms with Crippen LogP contribution in [0.1, 0.15) is 31.4 Å². The van der Waals surface area contributed by atoms with Gasteiger partial charge in [-0.15, -0.1) is 0 Å². The molecule has 1 N–H and O–H groups in total. The summed E-state index contributed by atoms with van der Waals surface area (Å²) >= 11 is 0. The summed E-state index contributed by atoms with van der Waals surface area (Å²) in [5, 5.41) is 3.42. The van der Waals surface area contributed by atoms with Crippen molar-refractivity contribution in [3.05, 3.63) is 35.4 Å². The fraction of sp³-hybridized carbons (Fsp3) is 0.647. The molecule has 4 heteroatoms. The second-order valence-corrected chi connectivity index (χ2v) is 5.37. The number of hydrogen-bond donors (Lipinski definition) is 1. The zero-order valence-electron chi connectivity index (χ0n) is 13.6. The summed E-state index contributed by atoms with van der Waals surface area (Å²) < 4.78 is 16.0. The Balaban J connectivity index is 2.13. The quantitative estimate of drug-likeness (QED) is 0.602. The molecule has 1 rings (SSSR count). The molecule has 0 aliphatic rings. The van der Waals surface area contributed by atoms with Gasteiger partial charge in [-0.1, -0.05) is 38.1 Å². The van der Waals surface area contributed by atoms with Crippen molar-refractivity contribution in [3.8, 4) is 0 Å². The number of rotatable bonds is 12. The van der Waals surface area contributed by atoms with Crippen LogP contribution in [0.5, 0.6) is 0 Å². The van der Waals surface area contributed by atoms with Crippen LogP contribution in [0, 0.1) is 0 Å². The van der Waals surface area contributed by atoms with E-state index >= 15 is 0 Å². The molecule has 0 spiro atoms. The van der Waals surface area contributed by atoms with Gasteiger partial charge in [0.25, 0.3) is 0 Å². The highest BCUT2D eigenvalue weighted by atomic mass is 16.5. The SMILES string of the molecule is COCCOCCCOCc1cccc(CNC(C)C)c1. The van der Waals surface area contributed by atoms with Crippen molar-refractivity contribution in [2.75, 3.05) is 33.5 Å². The van der Waals surface area contributed by atoms with Crippen LogP contribution < -0.4 is 5.32 Å². The molecule has 1 aromatic carbocycles. The minimum absolute atomic E-state index is 0.503. The molecule has 0 aliphatic carbocycles. The summed E-state index contributed by atoms with van der Waals surface area (Å²) in [5.74, 6) is 0. The summed E-state index contributed by atoms with van der Waals surface area (Å²) in [7, 11) is 1.68. The van der Waals surface area contributed by atoms with Crippen molar-refractivity contribution < 1.29 is 14.2 Å². The highest BCUT2D eigenvalue weighted by Gasteiger charge is 1.98. The van der Waals surface area contributed by atoms with E-state index in [0.29, 0.717) is 25.9 Å². The molecule has 0 fully saturated rings. The highest BCUT2D eigenvalue weighted by Crippen LogP contribution is 2.07. The molecule has 0 radical (unpaired) electrons. The Kier molecular flexibility index (Phi) is 10.1. The lowest BCUT2D eigenvalue weighted by molar-refractivity contribution is 0.0483. The topological polar surface area (TPSA) is 39.7 Å². The smallest absolute Gasteiger partial charge is 0.0716 e. The van der Waals surface area contributed by atoms with Crippen LogP contribution in [0.3, 0.4) is 0 Å². The normalized spacial score (nSPS) is 11.2. The average molecular weight is 295 g/mol. The first-order valence-electron chi connectivity index (χ1n) is 7.68. The Morgan fingerprint density at radius 1 is 1.00 bits per heavy atom. The number of ether oxygens (including phenoxy) is 3. The van der Waals surface area contributed by atoms with Crippen LogP contribution in [0.15, 0.2) is 24.3 Å². The highest BCUT2D eigenvalue weighted by molar-refractivity contribution is 5.22. The molecule has 4 nitrogen and oxygen atoms in total. The Bertz CT molecular complexity index is 369. The summed E-state index contributed by atoms with van der Waals surface area (Å²) in [4.78, 5) is 0. The summed E-state index contributed by atoms with van der Waals surface area (Å²) in [6, 6.07) is 9.04. The maximum absolute atomic E-state index is 5.68. The number of hydrogen-bond acceptors (Lipinski definition) is 4. The molecule has 21 heavy (non-hydrogen) atoms. The minimum Gasteiger partial charge on any atom is -0.382 e. The maximum atomic E-state index is 5.68. The Morgan fingerprint density at radius 2 is 1.76 bits per heavy atom. The monoisotopic (exact) mass is 295 g/mol. The summed E-state index contributed by atoms with van der Waals surface area (Å²) in [6.07, 6.45) is 0.915. The van der Waals surface area contributed by atoms with E-state index in [9.17, 15) is 0 Å². The number of nitrogens with one attached hydrogen (secondary N) is 1. The molecule has 0 aromatic heterocycles. The number of benzene rings is 1. The lowest BCUT2D eigenvalue weighted by atomic mass is 10.1. The fourth-order valence-electron chi connectivity index (χ4n) is 1.85. The molecule has 0 amide bonds. The molecule has 1 aromatic rings. The lowest BCUT2D eigenvalue weighted by Crippen LogP contribution is -2.21. The van der Waals surface area contributed by atoms with Crippen molar-refractivity contribution in [2.24, 2.45) is 0 Å². The van der Waals surface area contributed by atoms with Crippen molar-refractivity contribution in [3.63, 3.8) is 0 Å². The van der Waals surface area contributed by atoms with Crippen LogP contribution in [0.4, 0.5) is 0 Å². The van der Waals surface area contributed by atoms with Gasteiger partial charge in [0.15, 0.2) is 0 Å². The van der Waals surface area contributed by atoms with E-state index in [1.165, 1.54) is 11.1 Å². The van der Waals surface area contributed by atoms with Gasteiger partial charge in [0.2, 0.25) is 0 Å². The van der Waals surface area contributed by atoms with Crippen LogP contribution in [0.25, 0.3) is 0 Å². The first-order chi connectivity index (χ1) is 10.2. The third-order valence-corrected chi connectivity index (χ3v) is 2.98. The molecular weight excluding hydrogens is 266 g/mol. The fourth-order valence-corrected chi connectivity index (χ4v) is 1.85. The molecular formula is C17H29NO3. The minimum atomic E-state index is 0.503. The number of methoxy groups -OCH3 is 1. The third-order valence-electron chi connectivity index (χ3n) is 2.98. The van der Waals surface area contributed by atoms with Crippen LogP contribution in [-0.4, -0.2) is 39.6 Å². The molecule has 0 heterocycles. The largest absolute Gasteiger partial charge is 0.382 e. The molecule has 0 saturated carbocycles. The van der Waals surface area contributed by atoms with Crippen molar-refractivity contribution in [1.29, 1.82) is 0 Å². The average Bonchev–Trinajstić information content (AvgIpc) is 2.48. The van der Waals surface area contributed by atoms with Crippen molar-refractivity contribution in [2.45, 2.75) is 39.5 Å². The van der Waals surface area contributed by atoms with Gasteiger partial charge in [0, 0.05) is 32.9 Å². The lowest BCUT2D eigenvalue weighted by Gasteiger charge is -2.10. The zero-order valence-corrected chi connectivity index (χ0v) is 13.6. The van der Waals surface area contributed by atoms with Crippen LogP contribution >= 0.6 is 0 Å². The molecule has 0 aliphatic heterocycles. The van der Waals surface area contributed by atoms with E-state index in [4.69, 9.17) is 14.2 Å². The zero-order chi connectivity index (χ0) is 15.3. The first-order valence-corrected chi connectivity index (χ1v) is 7.68. The molecule has 120 valence electrons. The molecule has 0 bridgehead atoms. The third kappa shape index (κ3) is 9.58. The van der Waals surface area contributed by atoms with E-state index in [1.54, 1.807) is 7.11 Å². The summed E-state index contributed by atoms with van der Waals surface area (Å²) in [6.45, 7) is 8.62. The van der Waals surface area contributed by atoms with Gasteiger partial charge in [0.1, 0.15) is 0 Å². The van der Waals surface area contributed by atoms with E-state index < -0.39 is 0 Å². The van der Waals surface area contributed by atoms with Crippen LogP contribution in [0.2, 0.25) is 0 Å². The van der Waals surface area contributed by atoms with Gasteiger partial charge < -0.3 is 19.5 Å². The predicted octanol–water partition coefficient (Wildman–Crippen LogP) is 2.75. The van der Waals surface area contributed by atoms with E-state index in [1.807, 2.05) is 0 Å². The van der Waals surface area contributed by atoms with E-state index in [0.717, 1.165) is 26.2 Å². The van der Waals surface area contributed by atoms with Gasteiger partial charge in [0.05, 0.1) is 19.8 Å². The molecule has 0 saturated heterocycles. The standard InChI is InChI=1S/C17H29NO3/c1-15(2)18-13-16-6-4-7-17(12-16)14-21-9-5-8-20-11-10-19-3/h4,6-7,12,15,18H,5,8-11,13-14H2,1-3H3. The van der Waals surface area contributed by atoms with E-state index in [-0.39, 0.29) is 0 Å². The predicted molar refractivity (Wildman–Crippen MR) is 85.4 cm³/mol. The second-order valence-electron chi connectivity index (χ2n) is 5.37. The van der Waals surface area contributed by atoms with Gasteiger partial charge in [-0.25, -0.2) is 0 Å². The maximum Gasteiger partial charge on any atom is 0.0716 e. The van der Waals surface area contributed by atoms with Gasteiger partial charge in [-0.05, 0) is 17.5 Å². The Hall–Kier alpha value is -0.940. The molecule has 0 unspecified atom stereocenters. The van der Waals surface area contributed by atoms with Crippen molar-refractivity contribution >= 4 is 0 Å². The van der Waals surface area contributed by atoms with Crippen LogP contribution in [-0.2, 0) is 27.4 Å². The second kappa shape index (κ2) is 11.7. The van der Waals surface area contributed by atoms with Crippen molar-refractivity contribution in [1.82, 2.24) is 5.32 Å². The first kappa shape index (κ1) is 18.1. The van der Waals surface area contributed by atoms with Gasteiger partial charge in [-0.3, -0.25) is 0 Å². The van der Waals surface area contributed by atoms with Gasteiger partial charge in [-0.2, -0.15) is 0 Å². The Morgan fingerprint density at radius 3 is 2.52 bits per heavy atom. The molecule has 0 atom stereocenters. The summed E-state index contributed by atoms with van der Waals surface area (Å²) in [5.41, 5.74) is 2.52. The van der Waals surface area contributed by atoms with E-state index in [2.05, 4.69) is 43.4 Å². The Labute approximate surface area is 128 Å².